The monoisotopic (exact) mass is 448 g/mol. The number of hydrogen-bond acceptors (Lipinski definition) is 6. The zero-order chi connectivity index (χ0) is 21.0. The number of nitrogens with zero attached hydrogens (tertiary/aromatic N) is 3. The highest BCUT2D eigenvalue weighted by Crippen LogP contribution is 2.41. The molecule has 3 heterocycles. The van der Waals surface area contributed by atoms with E-state index in [9.17, 15) is 13.6 Å². The molecular weight excluding hydrogens is 434 g/mol. The molecule has 4 aromatic rings. The number of carbonyl (C=O) groups is 1. The van der Waals surface area contributed by atoms with E-state index in [0.717, 1.165) is 11.3 Å². The molecule has 11 heteroatoms. The number of carbonyl (C=O) groups excluding carboxylic acids is 1. The van der Waals surface area contributed by atoms with E-state index in [1.807, 2.05) is 6.92 Å². The molecule has 1 amide bonds. The van der Waals surface area contributed by atoms with Crippen LogP contribution in [0.4, 0.5) is 19.6 Å². The van der Waals surface area contributed by atoms with Crippen molar-refractivity contribution in [3.05, 3.63) is 29.2 Å². The zero-order valence-corrected chi connectivity index (χ0v) is 17.2. The normalized spacial score (nSPS) is 18.1. The van der Waals surface area contributed by atoms with Crippen LogP contribution in [0.2, 0.25) is 5.02 Å². The van der Waals surface area contributed by atoms with Crippen LogP contribution in [-0.2, 0) is 4.79 Å². The lowest BCUT2D eigenvalue weighted by Gasteiger charge is -2.12. The highest BCUT2D eigenvalue weighted by Gasteiger charge is 2.43. The molecule has 0 saturated heterocycles. The second-order valence-corrected chi connectivity index (χ2v) is 8.31. The van der Waals surface area contributed by atoms with Crippen LogP contribution in [0, 0.1) is 11.7 Å². The molecule has 1 aliphatic carbocycles. The summed E-state index contributed by atoms with van der Waals surface area (Å²) in [7, 11) is 0. The first kappa shape index (κ1) is 19.1. The third kappa shape index (κ3) is 3.07. The van der Waals surface area contributed by atoms with Gasteiger partial charge in [0.2, 0.25) is 5.91 Å². The fourth-order valence-corrected chi connectivity index (χ4v) is 4.48. The first-order chi connectivity index (χ1) is 14.5. The minimum Gasteiger partial charge on any atom is -0.381 e. The molecule has 1 saturated carbocycles. The molecule has 5 rings (SSSR count). The highest BCUT2D eigenvalue weighted by atomic mass is 35.5. The number of pyridine rings is 1. The summed E-state index contributed by atoms with van der Waals surface area (Å²) >= 11 is 7.54. The second kappa shape index (κ2) is 7.13. The third-order valence-corrected chi connectivity index (χ3v) is 6.17. The van der Waals surface area contributed by atoms with Gasteiger partial charge in [0.15, 0.2) is 10.9 Å². The van der Waals surface area contributed by atoms with Gasteiger partial charge < -0.3 is 10.6 Å². The summed E-state index contributed by atoms with van der Waals surface area (Å²) in [5.74, 6) is -1.58. The van der Waals surface area contributed by atoms with E-state index in [0.29, 0.717) is 44.2 Å². The van der Waals surface area contributed by atoms with Gasteiger partial charge in [0.1, 0.15) is 16.5 Å². The van der Waals surface area contributed by atoms with E-state index in [4.69, 9.17) is 11.6 Å². The lowest BCUT2D eigenvalue weighted by molar-refractivity contribution is -0.117. The number of aromatic amines is 1. The number of thiazole rings is 1. The molecule has 0 radical (unpaired) electrons. The van der Waals surface area contributed by atoms with Gasteiger partial charge >= 0.3 is 0 Å². The molecule has 1 aromatic carbocycles. The van der Waals surface area contributed by atoms with E-state index in [-0.39, 0.29) is 23.0 Å². The molecule has 7 nitrogen and oxygen atoms in total. The Balaban J connectivity index is 1.57. The topological polar surface area (TPSA) is 95.6 Å². The van der Waals surface area contributed by atoms with Crippen LogP contribution in [0.15, 0.2) is 18.3 Å². The molecule has 3 aromatic heterocycles. The van der Waals surface area contributed by atoms with Gasteiger partial charge in [-0.15, -0.1) is 0 Å². The Morgan fingerprint density at radius 2 is 2.20 bits per heavy atom. The molecule has 0 spiro atoms. The second-order valence-electron chi connectivity index (χ2n) is 6.95. The SMILES string of the molecule is CCNc1c(F)c(Cl)c(-c2ccc3nc(NC(=O)C4CC4F)sc3n2)c2cn[nH]c12. The number of halogens is 3. The number of hydrogen-bond donors (Lipinski definition) is 3. The number of rotatable bonds is 5. The van der Waals surface area contributed by atoms with Crippen molar-refractivity contribution in [2.45, 2.75) is 19.5 Å². The number of fused-ring (bicyclic) bond motifs is 2. The predicted octanol–water partition coefficient (Wildman–Crippen LogP) is 4.76. The van der Waals surface area contributed by atoms with Crippen molar-refractivity contribution in [2.75, 3.05) is 17.2 Å². The van der Waals surface area contributed by atoms with Crippen molar-refractivity contribution in [3.63, 3.8) is 0 Å². The summed E-state index contributed by atoms with van der Waals surface area (Å²) < 4.78 is 28.0. The Morgan fingerprint density at radius 1 is 1.40 bits per heavy atom. The van der Waals surface area contributed by atoms with Gasteiger partial charge in [0.05, 0.1) is 34.0 Å². The van der Waals surface area contributed by atoms with Crippen molar-refractivity contribution < 1.29 is 13.6 Å². The summed E-state index contributed by atoms with van der Waals surface area (Å²) in [6.45, 7) is 2.38. The van der Waals surface area contributed by atoms with Gasteiger partial charge in [-0.25, -0.2) is 18.7 Å². The van der Waals surface area contributed by atoms with Gasteiger partial charge in [-0.2, -0.15) is 5.10 Å². The van der Waals surface area contributed by atoms with Crippen molar-refractivity contribution in [1.82, 2.24) is 20.2 Å². The minimum atomic E-state index is -1.08. The summed E-state index contributed by atoms with van der Waals surface area (Å²) in [5, 5.41) is 13.3. The molecular formula is C19H15ClF2N6OS. The molecule has 2 atom stereocenters. The van der Waals surface area contributed by atoms with Crippen LogP contribution in [0.5, 0.6) is 0 Å². The van der Waals surface area contributed by atoms with Gasteiger partial charge in [0.25, 0.3) is 0 Å². The Labute approximate surface area is 177 Å². The van der Waals surface area contributed by atoms with E-state index >= 15 is 0 Å². The highest BCUT2D eigenvalue weighted by molar-refractivity contribution is 7.22. The smallest absolute Gasteiger partial charge is 0.232 e. The largest absolute Gasteiger partial charge is 0.381 e. The Kier molecular flexibility index (Phi) is 4.55. The maximum absolute atomic E-state index is 15.0. The fourth-order valence-electron chi connectivity index (χ4n) is 3.35. The molecule has 1 aliphatic rings. The number of aromatic nitrogens is 4. The van der Waals surface area contributed by atoms with E-state index in [2.05, 4.69) is 30.8 Å². The standard InChI is InChI=1S/C19H15ClF2N6OS/c1-2-23-16-14(22)13(20)12(8-6-24-28-15(8)16)10-3-4-11-18(25-10)30-19(26-11)27-17(29)7-5-9(7)21/h3-4,6-7,9,23H,2,5H2,1H3,(H,24,28)(H,26,27,29). The Morgan fingerprint density at radius 3 is 2.93 bits per heavy atom. The Bertz CT molecular complexity index is 1310. The van der Waals surface area contributed by atoms with Gasteiger partial charge in [-0.3, -0.25) is 9.89 Å². The predicted molar refractivity (Wildman–Crippen MR) is 113 cm³/mol. The molecule has 30 heavy (non-hydrogen) atoms. The number of benzene rings is 1. The van der Waals surface area contributed by atoms with Crippen molar-refractivity contribution in [1.29, 1.82) is 0 Å². The molecule has 1 fully saturated rings. The average molecular weight is 449 g/mol. The minimum absolute atomic E-state index is 0.0625. The molecule has 3 N–H and O–H groups in total. The summed E-state index contributed by atoms with van der Waals surface area (Å²) in [6.07, 6.45) is 0.736. The Hall–Kier alpha value is -2.85. The van der Waals surface area contributed by atoms with Crippen LogP contribution in [0.25, 0.3) is 32.5 Å². The molecule has 0 aliphatic heterocycles. The summed E-state index contributed by atoms with van der Waals surface area (Å²) in [5.41, 5.74) is 2.19. The summed E-state index contributed by atoms with van der Waals surface area (Å²) in [4.78, 5) is 21.4. The lowest BCUT2D eigenvalue weighted by Crippen LogP contribution is -2.14. The van der Waals surface area contributed by atoms with Crippen molar-refractivity contribution in [3.8, 4) is 11.3 Å². The van der Waals surface area contributed by atoms with Gasteiger partial charge in [-0.05, 0) is 25.5 Å². The van der Waals surface area contributed by atoms with Crippen LogP contribution < -0.4 is 10.6 Å². The van der Waals surface area contributed by atoms with E-state index in [1.54, 1.807) is 18.3 Å². The van der Waals surface area contributed by atoms with Crippen LogP contribution in [-0.4, -0.2) is 38.8 Å². The first-order valence-electron chi connectivity index (χ1n) is 9.28. The number of H-pyrrole nitrogens is 1. The van der Waals surface area contributed by atoms with Crippen LogP contribution >= 0.6 is 22.9 Å². The number of anilines is 2. The lowest BCUT2D eigenvalue weighted by atomic mass is 10.0. The van der Waals surface area contributed by atoms with E-state index < -0.39 is 17.9 Å². The molecule has 2 unspecified atom stereocenters. The molecule has 154 valence electrons. The molecule has 0 bridgehead atoms. The average Bonchev–Trinajstić information content (AvgIpc) is 3.11. The van der Waals surface area contributed by atoms with Crippen LogP contribution in [0.1, 0.15) is 13.3 Å². The quantitative estimate of drug-likeness (QED) is 0.409. The number of nitrogens with one attached hydrogen (secondary N) is 3. The fraction of sp³-hybridized carbons (Fsp3) is 0.263. The van der Waals surface area contributed by atoms with Gasteiger partial charge in [-0.1, -0.05) is 22.9 Å². The van der Waals surface area contributed by atoms with E-state index in [1.165, 1.54) is 0 Å². The third-order valence-electron chi connectivity index (χ3n) is 4.94. The van der Waals surface area contributed by atoms with Gasteiger partial charge in [0, 0.05) is 17.5 Å². The zero-order valence-electron chi connectivity index (χ0n) is 15.6. The van der Waals surface area contributed by atoms with Crippen LogP contribution in [0.3, 0.4) is 0 Å². The maximum atomic E-state index is 15.0. The van der Waals surface area contributed by atoms with Crippen molar-refractivity contribution in [2.24, 2.45) is 5.92 Å². The summed E-state index contributed by atoms with van der Waals surface area (Å²) in [6, 6.07) is 3.41. The number of amides is 1. The maximum Gasteiger partial charge on any atom is 0.232 e. The number of alkyl halides is 1. The first-order valence-corrected chi connectivity index (χ1v) is 10.5. The van der Waals surface area contributed by atoms with Crippen molar-refractivity contribution >= 4 is 60.9 Å².